The van der Waals surface area contributed by atoms with Crippen LogP contribution in [0.25, 0.3) is 0 Å². The van der Waals surface area contributed by atoms with Gasteiger partial charge in [0.1, 0.15) is 65.7 Å². The van der Waals surface area contributed by atoms with E-state index in [1.54, 1.807) is 0 Å². The van der Waals surface area contributed by atoms with Crippen LogP contribution in [-0.4, -0.2) is 110 Å². The number of hydrogen-bond donors (Lipinski definition) is 7. The molecule has 25 heavy (non-hydrogen) atoms. The van der Waals surface area contributed by atoms with Gasteiger partial charge in [-0.2, -0.15) is 0 Å². The number of ether oxygens (including phenoxy) is 3. The third-order valence-electron chi connectivity index (χ3n) is 4.02. The molecule has 12 nitrogen and oxygen atoms in total. The third kappa shape index (κ3) is 4.22. The highest BCUT2D eigenvalue weighted by Crippen LogP contribution is 2.30. The van der Waals surface area contributed by atoms with E-state index >= 15 is 0 Å². The second-order valence-electron chi connectivity index (χ2n) is 5.63. The molecule has 0 aliphatic carbocycles. The summed E-state index contributed by atoms with van der Waals surface area (Å²) in [6, 6.07) is 0. The zero-order chi connectivity index (χ0) is 18.9. The van der Waals surface area contributed by atoms with E-state index in [9.17, 15) is 30.3 Å². The van der Waals surface area contributed by atoms with Crippen LogP contribution in [0.2, 0.25) is 0 Å². The van der Waals surface area contributed by atoms with Gasteiger partial charge >= 0.3 is 5.97 Å². The first kappa shape index (κ1) is 21.1. The van der Waals surface area contributed by atoms with Crippen LogP contribution in [0.15, 0.2) is 0 Å². The Bertz CT molecular complexity index is 461. The molecule has 0 amide bonds. The molecule has 0 spiro atoms. The van der Waals surface area contributed by atoms with E-state index in [1.165, 1.54) is 23.0 Å². The Hall–Kier alpha value is -0.200. The Balaban J connectivity index is 2.15. The van der Waals surface area contributed by atoms with Crippen LogP contribution in [0, 0.1) is 0 Å². The maximum atomic E-state index is 11.0. The van der Waals surface area contributed by atoms with Crippen molar-refractivity contribution in [3.8, 4) is 0 Å². The fourth-order valence-electron chi connectivity index (χ4n) is 2.59. The highest BCUT2D eigenvalue weighted by molar-refractivity contribution is 14.1. The quantitative estimate of drug-likeness (QED) is 0.188. The van der Waals surface area contributed by atoms with Crippen LogP contribution in [-0.2, 0) is 22.1 Å². The molecule has 0 saturated carbocycles. The average molecular weight is 482 g/mol. The summed E-state index contributed by atoms with van der Waals surface area (Å²) in [5, 5.41) is 67.5. The highest BCUT2D eigenvalue weighted by Gasteiger charge is 2.52. The molecule has 10 atom stereocenters. The lowest BCUT2D eigenvalue weighted by atomic mass is 9.97. The number of carboxylic acids is 1. The summed E-state index contributed by atoms with van der Waals surface area (Å²) in [4.78, 5) is 11.0. The number of halogens is 1. The molecule has 2 heterocycles. The highest BCUT2D eigenvalue weighted by atomic mass is 127. The molecule has 2 aliphatic rings. The molecular weight excluding hydrogens is 463 g/mol. The van der Waals surface area contributed by atoms with Crippen molar-refractivity contribution in [1.29, 1.82) is 0 Å². The van der Waals surface area contributed by atoms with E-state index in [0.717, 1.165) is 0 Å². The lowest BCUT2D eigenvalue weighted by Crippen LogP contribution is -2.64. The van der Waals surface area contributed by atoms with Gasteiger partial charge in [0, 0.05) is 0 Å². The molecule has 0 bridgehead atoms. The van der Waals surface area contributed by atoms with Gasteiger partial charge in [0.25, 0.3) is 0 Å². The first-order chi connectivity index (χ1) is 11.7. The van der Waals surface area contributed by atoms with E-state index in [-0.39, 0.29) is 0 Å². The monoisotopic (exact) mass is 482 g/mol. The van der Waals surface area contributed by atoms with E-state index in [1.807, 2.05) is 0 Å². The second kappa shape index (κ2) is 8.66. The van der Waals surface area contributed by atoms with Crippen LogP contribution in [0.4, 0.5) is 0 Å². The predicted octanol–water partition coefficient (Wildman–Crippen LogP) is -3.93. The minimum atomic E-state index is -1.87. The molecule has 2 rings (SSSR count). The lowest BCUT2D eigenvalue weighted by Gasteiger charge is -2.44. The van der Waals surface area contributed by atoms with E-state index in [0.29, 0.717) is 0 Å². The maximum Gasteiger partial charge on any atom is 0.335 e. The number of hydrogen-bond acceptors (Lipinski definition) is 11. The molecular formula is C12H19IO12. The van der Waals surface area contributed by atoms with Crippen molar-refractivity contribution in [2.75, 3.05) is 6.61 Å². The van der Waals surface area contributed by atoms with Crippen molar-refractivity contribution in [3.63, 3.8) is 0 Å². The van der Waals surface area contributed by atoms with Crippen LogP contribution >= 0.6 is 23.0 Å². The number of aliphatic hydroxyl groups is 6. The molecule has 7 N–H and O–H groups in total. The van der Waals surface area contributed by atoms with E-state index in [4.69, 9.17) is 27.5 Å². The lowest BCUT2D eigenvalue weighted by molar-refractivity contribution is -0.352. The van der Waals surface area contributed by atoms with Gasteiger partial charge < -0.3 is 50.0 Å². The normalized spacial score (nSPS) is 48.3. The molecule has 146 valence electrons. The molecule has 2 fully saturated rings. The maximum absolute atomic E-state index is 11.0. The number of aliphatic carboxylic acids is 1. The molecule has 0 aromatic carbocycles. The molecule has 2 saturated heterocycles. The Morgan fingerprint density at radius 3 is 2.08 bits per heavy atom. The molecule has 2 aliphatic heterocycles. The minimum Gasteiger partial charge on any atom is -0.479 e. The number of rotatable bonds is 5. The van der Waals surface area contributed by atoms with Crippen molar-refractivity contribution in [3.05, 3.63) is 0 Å². The summed E-state index contributed by atoms with van der Waals surface area (Å²) < 4.78 is 20.3. The van der Waals surface area contributed by atoms with Crippen LogP contribution in [0.3, 0.4) is 0 Å². The fraction of sp³-hybridized carbons (Fsp3) is 0.917. The summed E-state index contributed by atoms with van der Waals surface area (Å²) in [5.74, 6) is -1.53. The summed E-state index contributed by atoms with van der Waals surface area (Å²) in [7, 11) is 0. The van der Waals surface area contributed by atoms with Crippen LogP contribution in [0.5, 0.6) is 0 Å². The van der Waals surface area contributed by atoms with Crippen molar-refractivity contribution < 1.29 is 57.8 Å². The summed E-state index contributed by atoms with van der Waals surface area (Å²) in [5.41, 5.74) is 0. The first-order valence-corrected chi connectivity index (χ1v) is 8.08. The van der Waals surface area contributed by atoms with Gasteiger partial charge in [-0.05, 0) is 0 Å². The van der Waals surface area contributed by atoms with Gasteiger partial charge in [-0.25, -0.2) is 4.79 Å². The van der Waals surface area contributed by atoms with Gasteiger partial charge in [-0.15, -0.1) is 0 Å². The standard InChI is InChI=1S/C12H19IO12/c13-25-12-9(6(18)5(17)8(23-12)10(20)21)24-11-7(19)4(16)3(15)2(1-14)22-11/h2-9,11-12,14-19H,1H2,(H,20,21)/t2-,3-,4+,5+,6+,7-,8+,9-,11+,12+/m1/s1. The van der Waals surface area contributed by atoms with E-state index < -0.39 is 74.0 Å². The third-order valence-corrected chi connectivity index (χ3v) is 4.52. The SMILES string of the molecule is O=C(O)[C@H]1O[C@@H](OI)[C@H](O[C@@H]2O[C@H](CO)[C@@H](O)[C@H](O)[C@H]2O)[C@@H](O)[C@@H]1O. The van der Waals surface area contributed by atoms with Crippen LogP contribution in [0.1, 0.15) is 0 Å². The smallest absolute Gasteiger partial charge is 0.335 e. The van der Waals surface area contributed by atoms with E-state index in [2.05, 4.69) is 0 Å². The summed E-state index contributed by atoms with van der Waals surface area (Å²) in [6.45, 7) is -0.690. The molecule has 13 heteroatoms. The largest absolute Gasteiger partial charge is 0.479 e. The van der Waals surface area contributed by atoms with Crippen molar-refractivity contribution in [2.24, 2.45) is 0 Å². The molecule has 0 radical (unpaired) electrons. The van der Waals surface area contributed by atoms with Crippen LogP contribution < -0.4 is 0 Å². The van der Waals surface area contributed by atoms with Gasteiger partial charge in [0.2, 0.25) is 0 Å². The molecule has 0 aromatic rings. The Morgan fingerprint density at radius 1 is 0.920 bits per heavy atom. The van der Waals surface area contributed by atoms with Crippen molar-refractivity contribution in [2.45, 2.75) is 61.4 Å². The predicted molar refractivity (Wildman–Crippen MR) is 82.1 cm³/mol. The Morgan fingerprint density at radius 2 is 1.56 bits per heavy atom. The number of carbonyl (C=O) groups is 1. The Kier molecular flexibility index (Phi) is 7.31. The van der Waals surface area contributed by atoms with Crippen molar-refractivity contribution in [1.82, 2.24) is 0 Å². The van der Waals surface area contributed by atoms with Gasteiger partial charge in [-0.3, -0.25) is 3.07 Å². The zero-order valence-electron chi connectivity index (χ0n) is 12.5. The molecule has 0 aromatic heterocycles. The minimum absolute atomic E-state index is 0.690. The van der Waals surface area contributed by atoms with Gasteiger partial charge in [0.05, 0.1) is 6.61 Å². The second-order valence-corrected chi connectivity index (χ2v) is 6.14. The number of aliphatic hydroxyl groups excluding tert-OH is 6. The summed E-state index contributed by atoms with van der Waals surface area (Å²) >= 11 is 1.37. The zero-order valence-corrected chi connectivity index (χ0v) is 14.7. The first-order valence-electron chi connectivity index (χ1n) is 7.20. The van der Waals surface area contributed by atoms with Gasteiger partial charge in [-0.1, -0.05) is 0 Å². The fourth-order valence-corrected chi connectivity index (χ4v) is 3.00. The number of carboxylic acid groups (broad SMARTS) is 1. The van der Waals surface area contributed by atoms with Gasteiger partial charge in [0.15, 0.2) is 18.7 Å². The molecule has 0 unspecified atom stereocenters. The van der Waals surface area contributed by atoms with Crippen molar-refractivity contribution >= 4 is 29.0 Å². The topological polar surface area (TPSA) is 196 Å². The summed E-state index contributed by atoms with van der Waals surface area (Å²) in [6.07, 6.45) is -16.3. The average Bonchev–Trinajstić information content (AvgIpc) is 2.58. The Labute approximate surface area is 155 Å².